The van der Waals surface area contributed by atoms with Gasteiger partial charge in [0.05, 0.1) is 22.9 Å². The van der Waals surface area contributed by atoms with E-state index in [1.165, 1.54) is 0 Å². The number of amides is 1. The van der Waals surface area contributed by atoms with Crippen molar-refractivity contribution in [3.8, 4) is 5.69 Å². The van der Waals surface area contributed by atoms with Gasteiger partial charge in [-0.1, -0.05) is 23.7 Å². The van der Waals surface area contributed by atoms with E-state index >= 15 is 0 Å². The van der Waals surface area contributed by atoms with E-state index in [1.807, 2.05) is 32.0 Å². The van der Waals surface area contributed by atoms with E-state index in [-0.39, 0.29) is 5.91 Å². The van der Waals surface area contributed by atoms with Crippen LogP contribution >= 0.6 is 11.6 Å². The Balaban J connectivity index is 1.79. The van der Waals surface area contributed by atoms with E-state index < -0.39 is 10.8 Å². The van der Waals surface area contributed by atoms with Crippen molar-refractivity contribution in [2.24, 2.45) is 0 Å². The fourth-order valence-electron chi connectivity index (χ4n) is 3.18. The number of fused-ring (bicyclic) bond motifs is 1. The number of nitrogens with zero attached hydrogens (tertiary/aromatic N) is 2. The number of carbonyl (C=O) groups is 1. The first kappa shape index (κ1) is 17.9. The minimum absolute atomic E-state index is 0.251. The summed E-state index contributed by atoms with van der Waals surface area (Å²) in [5.74, 6) is 1.15. The van der Waals surface area contributed by atoms with Crippen LogP contribution in [-0.2, 0) is 22.3 Å². The van der Waals surface area contributed by atoms with Crippen LogP contribution in [-0.4, -0.2) is 19.9 Å². The summed E-state index contributed by atoms with van der Waals surface area (Å²) in [5, 5.41) is 8.21. The highest BCUT2D eigenvalue weighted by atomic mass is 35.5. The third-order valence-corrected chi connectivity index (χ3v) is 6.27. The minimum atomic E-state index is -0.980. The molecule has 7 heteroatoms. The molecule has 2 aromatic carbocycles. The van der Waals surface area contributed by atoms with Crippen LogP contribution < -0.4 is 5.32 Å². The topological polar surface area (TPSA) is 64.0 Å². The number of rotatable bonds is 3. The summed E-state index contributed by atoms with van der Waals surface area (Å²) in [5.41, 5.74) is 5.25. The molecule has 3 aromatic rings. The lowest BCUT2D eigenvalue weighted by molar-refractivity contribution is 0.102. The standard InChI is InChI=1S/C20H18ClN3O2S/c1-12-4-3-5-18(13(12)2)24-19(16-10-27(26)11-17(16)23-24)22-20(25)14-6-8-15(21)9-7-14/h3-9H,10-11H2,1-2H3,(H,22,25)/t27-/m1/s1. The predicted molar refractivity (Wildman–Crippen MR) is 108 cm³/mol. The molecule has 4 rings (SSSR count). The van der Waals surface area contributed by atoms with Gasteiger partial charge in [0.25, 0.3) is 5.91 Å². The van der Waals surface area contributed by atoms with Gasteiger partial charge in [-0.25, -0.2) is 4.68 Å². The van der Waals surface area contributed by atoms with Gasteiger partial charge in [0, 0.05) is 26.9 Å². The Bertz CT molecular complexity index is 1070. The number of hydrogen-bond acceptors (Lipinski definition) is 3. The molecule has 0 aliphatic carbocycles. The molecule has 2 heterocycles. The van der Waals surface area contributed by atoms with Crippen LogP contribution in [0, 0.1) is 13.8 Å². The Morgan fingerprint density at radius 2 is 1.89 bits per heavy atom. The van der Waals surface area contributed by atoms with Gasteiger partial charge in [-0.15, -0.1) is 0 Å². The average molecular weight is 400 g/mol. The number of nitrogens with one attached hydrogen (secondary N) is 1. The van der Waals surface area contributed by atoms with Gasteiger partial charge in [-0.3, -0.25) is 9.00 Å². The largest absolute Gasteiger partial charge is 0.306 e. The summed E-state index contributed by atoms with van der Waals surface area (Å²) < 4.78 is 13.8. The van der Waals surface area contributed by atoms with Crippen molar-refractivity contribution in [2.45, 2.75) is 25.4 Å². The van der Waals surface area contributed by atoms with E-state index in [0.29, 0.717) is 27.9 Å². The molecule has 0 unspecified atom stereocenters. The summed E-state index contributed by atoms with van der Waals surface area (Å²) in [6.07, 6.45) is 0. The van der Waals surface area contributed by atoms with Crippen LogP contribution in [0.15, 0.2) is 42.5 Å². The Hall–Kier alpha value is -2.44. The van der Waals surface area contributed by atoms with E-state index in [1.54, 1.807) is 28.9 Å². The average Bonchev–Trinajstić information content (AvgIpc) is 3.15. The molecule has 1 amide bonds. The molecule has 0 radical (unpaired) electrons. The molecule has 1 aromatic heterocycles. The van der Waals surface area contributed by atoms with Crippen LogP contribution in [0.5, 0.6) is 0 Å². The van der Waals surface area contributed by atoms with Crippen molar-refractivity contribution in [3.63, 3.8) is 0 Å². The fraction of sp³-hybridized carbons (Fsp3) is 0.200. The smallest absolute Gasteiger partial charge is 0.256 e. The van der Waals surface area contributed by atoms with Crippen LogP contribution in [0.2, 0.25) is 5.02 Å². The van der Waals surface area contributed by atoms with Gasteiger partial charge in [-0.05, 0) is 55.3 Å². The predicted octanol–water partition coefficient (Wildman–Crippen LogP) is 4.16. The zero-order valence-corrected chi connectivity index (χ0v) is 16.5. The number of carbonyl (C=O) groups excluding carboxylic acids is 1. The van der Waals surface area contributed by atoms with E-state index in [4.69, 9.17) is 11.6 Å². The second-order valence-corrected chi connectivity index (χ2v) is 8.49. The Labute approximate surface area is 164 Å². The highest BCUT2D eigenvalue weighted by molar-refractivity contribution is 7.83. The van der Waals surface area contributed by atoms with Crippen LogP contribution in [0.4, 0.5) is 5.82 Å². The Morgan fingerprint density at radius 3 is 2.63 bits per heavy atom. The van der Waals surface area contributed by atoms with Gasteiger partial charge >= 0.3 is 0 Å². The van der Waals surface area contributed by atoms with Gasteiger partial charge in [0.15, 0.2) is 0 Å². The van der Waals surface area contributed by atoms with E-state index in [9.17, 15) is 9.00 Å². The molecule has 5 nitrogen and oxygen atoms in total. The maximum atomic E-state index is 12.8. The molecule has 138 valence electrons. The molecule has 0 saturated heterocycles. The molecular formula is C20H18ClN3O2S. The highest BCUT2D eigenvalue weighted by Gasteiger charge is 2.29. The first-order valence-electron chi connectivity index (χ1n) is 8.53. The number of halogens is 1. The summed E-state index contributed by atoms with van der Waals surface area (Å²) in [6, 6.07) is 12.7. The third kappa shape index (κ3) is 3.31. The Kier molecular flexibility index (Phi) is 4.61. The normalized spacial score (nSPS) is 15.6. The lowest BCUT2D eigenvalue weighted by atomic mass is 10.1. The van der Waals surface area contributed by atoms with Crippen LogP contribution in [0.1, 0.15) is 32.7 Å². The van der Waals surface area contributed by atoms with Crippen molar-refractivity contribution in [2.75, 3.05) is 5.32 Å². The van der Waals surface area contributed by atoms with Gasteiger partial charge in [0.2, 0.25) is 0 Å². The number of anilines is 1. The molecule has 27 heavy (non-hydrogen) atoms. The first-order valence-corrected chi connectivity index (χ1v) is 10.4. The molecule has 1 N–H and O–H groups in total. The van der Waals surface area contributed by atoms with Gasteiger partial charge < -0.3 is 5.32 Å². The SMILES string of the molecule is Cc1cccc(-n2nc3c(c2NC(=O)c2ccc(Cl)cc2)C[S@@](=O)C3)c1C. The van der Waals surface area contributed by atoms with Gasteiger partial charge in [-0.2, -0.15) is 5.10 Å². The summed E-state index contributed by atoms with van der Waals surface area (Å²) in [6.45, 7) is 4.07. The molecule has 1 atom stereocenters. The van der Waals surface area contributed by atoms with Crippen molar-refractivity contribution in [1.29, 1.82) is 0 Å². The maximum absolute atomic E-state index is 12.8. The second-order valence-electron chi connectivity index (χ2n) is 6.59. The first-order chi connectivity index (χ1) is 12.9. The molecule has 0 spiro atoms. The highest BCUT2D eigenvalue weighted by Crippen LogP contribution is 2.33. The molecule has 1 aliphatic heterocycles. The monoisotopic (exact) mass is 399 g/mol. The number of hydrogen-bond donors (Lipinski definition) is 1. The second kappa shape index (κ2) is 6.94. The molecule has 0 fully saturated rings. The van der Waals surface area contributed by atoms with E-state index in [0.717, 1.165) is 28.1 Å². The quantitative estimate of drug-likeness (QED) is 0.719. The lowest BCUT2D eigenvalue weighted by Gasteiger charge is -2.14. The van der Waals surface area contributed by atoms with Crippen molar-refractivity contribution >= 4 is 34.1 Å². The summed E-state index contributed by atoms with van der Waals surface area (Å²) in [7, 11) is -0.980. The van der Waals surface area contributed by atoms with Crippen molar-refractivity contribution in [1.82, 2.24) is 9.78 Å². The molecule has 1 aliphatic rings. The summed E-state index contributed by atoms with van der Waals surface area (Å²) >= 11 is 5.91. The van der Waals surface area contributed by atoms with Crippen molar-refractivity contribution in [3.05, 3.63) is 75.4 Å². The molecule has 0 bridgehead atoms. The fourth-order valence-corrected chi connectivity index (χ4v) is 4.57. The third-order valence-electron chi connectivity index (χ3n) is 4.81. The minimum Gasteiger partial charge on any atom is -0.306 e. The zero-order valence-electron chi connectivity index (χ0n) is 15.0. The summed E-state index contributed by atoms with van der Waals surface area (Å²) in [4.78, 5) is 12.8. The van der Waals surface area contributed by atoms with Crippen LogP contribution in [0.25, 0.3) is 5.69 Å². The zero-order chi connectivity index (χ0) is 19.1. The maximum Gasteiger partial charge on any atom is 0.256 e. The van der Waals surface area contributed by atoms with E-state index in [2.05, 4.69) is 10.4 Å². The van der Waals surface area contributed by atoms with Crippen molar-refractivity contribution < 1.29 is 9.00 Å². The molecule has 0 saturated carbocycles. The Morgan fingerprint density at radius 1 is 1.15 bits per heavy atom. The number of aromatic nitrogens is 2. The number of aryl methyl sites for hydroxylation is 1. The molecular weight excluding hydrogens is 382 g/mol. The van der Waals surface area contributed by atoms with Gasteiger partial charge in [0.1, 0.15) is 5.82 Å². The lowest BCUT2D eigenvalue weighted by Crippen LogP contribution is -2.17. The number of benzene rings is 2. The van der Waals surface area contributed by atoms with Crippen LogP contribution in [0.3, 0.4) is 0 Å².